The molecule has 2 aromatic carbocycles. The number of sulfonamides is 1. The molecule has 0 atom stereocenters. The summed E-state index contributed by atoms with van der Waals surface area (Å²) in [4.78, 5) is 24.1. The molecule has 1 aromatic heterocycles. The van der Waals surface area contributed by atoms with Crippen LogP contribution in [0.1, 0.15) is 27.2 Å². The Morgan fingerprint density at radius 3 is 2.28 bits per heavy atom. The first kappa shape index (κ1) is 23.0. The minimum Gasteiger partial charge on any atom is -0.484 e. The quantitative estimate of drug-likeness (QED) is 0.445. The number of hydrogen-bond acceptors (Lipinski definition) is 6. The number of hydrazine groups is 1. The molecule has 0 unspecified atom stereocenters. The van der Waals surface area contributed by atoms with Crippen LogP contribution in [0.4, 0.5) is 0 Å². The molecular weight excluding hydrogens is 434 g/mol. The number of nitrogens with one attached hydrogen (secondary N) is 3. The van der Waals surface area contributed by atoms with Crippen LogP contribution in [0.2, 0.25) is 0 Å². The van der Waals surface area contributed by atoms with Crippen LogP contribution in [0.3, 0.4) is 0 Å². The Morgan fingerprint density at radius 1 is 0.969 bits per heavy atom. The third-order valence-corrected chi connectivity index (χ3v) is 5.74. The molecule has 9 nitrogen and oxygen atoms in total. The molecule has 0 aliphatic carbocycles. The minimum absolute atomic E-state index is 0.00773. The van der Waals surface area contributed by atoms with Gasteiger partial charge >= 0.3 is 0 Å². The van der Waals surface area contributed by atoms with E-state index in [0.29, 0.717) is 11.5 Å². The second kappa shape index (κ2) is 10.1. The van der Waals surface area contributed by atoms with E-state index >= 15 is 0 Å². The standard InChI is InChI=1S/C22H23N3O6S/c1-15-10-16(2)12-19(11-15)31-14-21(26)24-25-22(27)17-5-7-20(8-6-17)32(28,29)23-13-18-4-3-9-30-18/h3-12,23H,13-14H2,1-2H3,(H,24,26)(H,25,27). The van der Waals surface area contributed by atoms with Crippen molar-refractivity contribution in [1.82, 2.24) is 15.6 Å². The Bertz CT molecular complexity index is 1170. The largest absolute Gasteiger partial charge is 0.484 e. The zero-order valence-electron chi connectivity index (χ0n) is 17.5. The van der Waals surface area contributed by atoms with Gasteiger partial charge < -0.3 is 9.15 Å². The summed E-state index contributed by atoms with van der Waals surface area (Å²) in [6.45, 7) is 3.58. The van der Waals surface area contributed by atoms with Gasteiger partial charge in [0.1, 0.15) is 11.5 Å². The summed E-state index contributed by atoms with van der Waals surface area (Å²) >= 11 is 0. The zero-order valence-corrected chi connectivity index (χ0v) is 18.4. The maximum absolute atomic E-state index is 12.3. The molecule has 0 aliphatic heterocycles. The molecule has 1 heterocycles. The van der Waals surface area contributed by atoms with Gasteiger partial charge in [0.25, 0.3) is 11.8 Å². The van der Waals surface area contributed by atoms with Gasteiger partial charge in [0.05, 0.1) is 17.7 Å². The Morgan fingerprint density at radius 2 is 1.66 bits per heavy atom. The highest BCUT2D eigenvalue weighted by Gasteiger charge is 2.16. The predicted octanol–water partition coefficient (Wildman–Crippen LogP) is 2.21. The van der Waals surface area contributed by atoms with Crippen LogP contribution in [-0.4, -0.2) is 26.8 Å². The average Bonchev–Trinajstić information content (AvgIpc) is 3.28. The van der Waals surface area contributed by atoms with Gasteiger partial charge in [0.2, 0.25) is 10.0 Å². The lowest BCUT2D eigenvalue weighted by molar-refractivity contribution is -0.123. The van der Waals surface area contributed by atoms with Crippen molar-refractivity contribution in [3.8, 4) is 5.75 Å². The summed E-state index contributed by atoms with van der Waals surface area (Å²) in [6, 6.07) is 14.2. The highest BCUT2D eigenvalue weighted by Crippen LogP contribution is 2.16. The summed E-state index contributed by atoms with van der Waals surface area (Å²) < 4.78 is 37.6. The number of carbonyl (C=O) groups is 2. The average molecular weight is 458 g/mol. The monoisotopic (exact) mass is 457 g/mol. The summed E-state index contributed by atoms with van der Waals surface area (Å²) in [5.41, 5.74) is 6.71. The van der Waals surface area contributed by atoms with E-state index in [1.165, 1.54) is 30.5 Å². The van der Waals surface area contributed by atoms with Gasteiger partial charge in [-0.05, 0) is 73.5 Å². The minimum atomic E-state index is -3.77. The van der Waals surface area contributed by atoms with Gasteiger partial charge in [-0.15, -0.1) is 0 Å². The van der Waals surface area contributed by atoms with Crippen LogP contribution in [0.15, 0.2) is 70.2 Å². The molecule has 0 bridgehead atoms. The van der Waals surface area contributed by atoms with Gasteiger partial charge in [-0.2, -0.15) is 0 Å². The number of aryl methyl sites for hydroxylation is 2. The van der Waals surface area contributed by atoms with Crippen molar-refractivity contribution in [2.24, 2.45) is 0 Å². The van der Waals surface area contributed by atoms with Crippen molar-refractivity contribution in [3.05, 3.63) is 83.3 Å². The molecular formula is C22H23N3O6S. The van der Waals surface area contributed by atoms with E-state index < -0.39 is 21.8 Å². The number of hydrogen-bond donors (Lipinski definition) is 3. The van der Waals surface area contributed by atoms with E-state index in [-0.39, 0.29) is 23.6 Å². The van der Waals surface area contributed by atoms with Crippen LogP contribution in [0, 0.1) is 13.8 Å². The summed E-state index contributed by atoms with van der Waals surface area (Å²) in [7, 11) is -3.77. The topological polar surface area (TPSA) is 127 Å². The van der Waals surface area contributed by atoms with Gasteiger partial charge in [-0.25, -0.2) is 13.1 Å². The second-order valence-corrected chi connectivity index (χ2v) is 8.81. The molecule has 168 valence electrons. The van der Waals surface area contributed by atoms with Crippen LogP contribution in [-0.2, 0) is 21.4 Å². The number of carbonyl (C=O) groups excluding carboxylic acids is 2. The molecule has 3 rings (SSSR count). The lowest BCUT2D eigenvalue weighted by Crippen LogP contribution is -2.43. The lowest BCUT2D eigenvalue weighted by atomic mass is 10.1. The molecule has 0 saturated heterocycles. The first-order valence-corrected chi connectivity index (χ1v) is 11.1. The van der Waals surface area contributed by atoms with Gasteiger partial charge in [-0.3, -0.25) is 20.4 Å². The summed E-state index contributed by atoms with van der Waals surface area (Å²) in [6.07, 6.45) is 1.45. The highest BCUT2D eigenvalue weighted by molar-refractivity contribution is 7.89. The number of amides is 2. The highest BCUT2D eigenvalue weighted by atomic mass is 32.2. The molecule has 10 heteroatoms. The fourth-order valence-electron chi connectivity index (χ4n) is 2.85. The van der Waals surface area contributed by atoms with Crippen molar-refractivity contribution in [2.45, 2.75) is 25.3 Å². The molecule has 3 aromatic rings. The first-order chi connectivity index (χ1) is 15.2. The Labute approximate surface area is 185 Å². The maximum Gasteiger partial charge on any atom is 0.276 e. The van der Waals surface area contributed by atoms with Gasteiger partial charge in [0, 0.05) is 5.56 Å². The van der Waals surface area contributed by atoms with E-state index in [0.717, 1.165) is 11.1 Å². The van der Waals surface area contributed by atoms with Crippen LogP contribution in [0.5, 0.6) is 5.75 Å². The summed E-state index contributed by atoms with van der Waals surface area (Å²) in [5, 5.41) is 0. The summed E-state index contributed by atoms with van der Waals surface area (Å²) in [5.74, 6) is -0.112. The number of ether oxygens (including phenoxy) is 1. The van der Waals surface area contributed by atoms with Crippen LogP contribution >= 0.6 is 0 Å². The first-order valence-electron chi connectivity index (χ1n) is 9.65. The second-order valence-electron chi connectivity index (χ2n) is 7.04. The van der Waals surface area contributed by atoms with Crippen LogP contribution < -0.4 is 20.3 Å². The molecule has 3 N–H and O–H groups in total. The SMILES string of the molecule is Cc1cc(C)cc(OCC(=O)NNC(=O)c2ccc(S(=O)(=O)NCc3ccco3)cc2)c1. The smallest absolute Gasteiger partial charge is 0.276 e. The van der Waals surface area contributed by atoms with E-state index in [4.69, 9.17) is 9.15 Å². The fourth-order valence-corrected chi connectivity index (χ4v) is 3.84. The van der Waals surface area contributed by atoms with E-state index in [9.17, 15) is 18.0 Å². The number of furan rings is 1. The van der Waals surface area contributed by atoms with E-state index in [2.05, 4.69) is 15.6 Å². The zero-order chi connectivity index (χ0) is 23.1. The molecule has 0 spiro atoms. The number of rotatable bonds is 8. The van der Waals surface area contributed by atoms with Crippen molar-refractivity contribution in [3.63, 3.8) is 0 Å². The van der Waals surface area contributed by atoms with Gasteiger partial charge in [0.15, 0.2) is 6.61 Å². The fraction of sp³-hybridized carbons (Fsp3) is 0.182. The Hall–Kier alpha value is -3.63. The van der Waals surface area contributed by atoms with E-state index in [1.807, 2.05) is 19.9 Å². The third kappa shape index (κ3) is 6.43. The van der Waals surface area contributed by atoms with Crippen molar-refractivity contribution < 1.29 is 27.2 Å². The molecule has 0 radical (unpaired) electrons. The maximum atomic E-state index is 12.3. The van der Waals surface area contributed by atoms with E-state index in [1.54, 1.807) is 24.3 Å². The van der Waals surface area contributed by atoms with Gasteiger partial charge in [-0.1, -0.05) is 6.07 Å². The van der Waals surface area contributed by atoms with Crippen molar-refractivity contribution >= 4 is 21.8 Å². The van der Waals surface area contributed by atoms with Crippen LogP contribution in [0.25, 0.3) is 0 Å². The Balaban J connectivity index is 1.49. The molecule has 2 amide bonds. The predicted molar refractivity (Wildman–Crippen MR) is 116 cm³/mol. The lowest BCUT2D eigenvalue weighted by Gasteiger charge is -2.10. The Kier molecular flexibility index (Phi) is 7.29. The number of benzene rings is 2. The molecule has 32 heavy (non-hydrogen) atoms. The van der Waals surface area contributed by atoms with Crippen molar-refractivity contribution in [2.75, 3.05) is 6.61 Å². The molecule has 0 saturated carbocycles. The molecule has 0 aliphatic rings. The normalized spacial score (nSPS) is 11.1. The third-order valence-electron chi connectivity index (χ3n) is 4.32. The molecule has 0 fully saturated rings. The van der Waals surface area contributed by atoms with Crippen molar-refractivity contribution in [1.29, 1.82) is 0 Å².